The summed E-state index contributed by atoms with van der Waals surface area (Å²) in [6.07, 6.45) is 4.71. The predicted octanol–water partition coefficient (Wildman–Crippen LogP) is 3.58. The van der Waals surface area contributed by atoms with Crippen LogP contribution < -0.4 is 5.56 Å². The zero-order chi connectivity index (χ0) is 20.5. The van der Waals surface area contributed by atoms with Crippen LogP contribution in [0.2, 0.25) is 5.02 Å². The molecule has 0 aliphatic carbocycles. The summed E-state index contributed by atoms with van der Waals surface area (Å²) >= 11 is 7.73. The van der Waals surface area contributed by atoms with Gasteiger partial charge in [-0.25, -0.2) is 9.97 Å². The smallest absolute Gasteiger partial charge is 0.270 e. The number of H-pyrrole nitrogens is 1. The SMILES string of the molecule is Cc1nc(C)c(C(=O)N2CCC(c3nc(-c4ccncc4)[nH]c(=O)c3Cl)CC2)s1. The number of nitrogens with one attached hydrogen (secondary N) is 1. The minimum Gasteiger partial charge on any atom is -0.338 e. The van der Waals surface area contributed by atoms with Crippen molar-refractivity contribution in [2.75, 3.05) is 13.1 Å². The van der Waals surface area contributed by atoms with Gasteiger partial charge in [0.2, 0.25) is 0 Å². The summed E-state index contributed by atoms with van der Waals surface area (Å²) in [6, 6.07) is 3.58. The van der Waals surface area contributed by atoms with Crippen molar-refractivity contribution in [3.8, 4) is 11.4 Å². The number of hydrogen-bond acceptors (Lipinski definition) is 6. The average Bonchev–Trinajstić information content (AvgIpc) is 3.08. The summed E-state index contributed by atoms with van der Waals surface area (Å²) in [5.41, 5.74) is 1.80. The first-order valence-corrected chi connectivity index (χ1v) is 10.6. The van der Waals surface area contributed by atoms with Crippen LogP contribution in [0.3, 0.4) is 0 Å². The highest BCUT2D eigenvalue weighted by Gasteiger charge is 2.29. The van der Waals surface area contributed by atoms with E-state index in [0.717, 1.165) is 16.3 Å². The minimum absolute atomic E-state index is 0.0222. The molecule has 0 spiro atoms. The molecule has 0 radical (unpaired) electrons. The van der Waals surface area contributed by atoms with E-state index in [-0.39, 0.29) is 22.4 Å². The molecule has 3 aromatic rings. The normalized spacial score (nSPS) is 14.9. The van der Waals surface area contributed by atoms with Crippen molar-refractivity contribution < 1.29 is 4.79 Å². The molecule has 9 heteroatoms. The van der Waals surface area contributed by atoms with Gasteiger partial charge in [-0.2, -0.15) is 0 Å². The molecular formula is C20H20ClN5O2S. The van der Waals surface area contributed by atoms with Crippen LogP contribution in [0.15, 0.2) is 29.3 Å². The summed E-state index contributed by atoms with van der Waals surface area (Å²) in [5, 5.41) is 1.02. The van der Waals surface area contributed by atoms with Crippen LogP contribution in [0.5, 0.6) is 0 Å². The van der Waals surface area contributed by atoms with Crippen LogP contribution in [-0.2, 0) is 0 Å². The first-order chi connectivity index (χ1) is 13.9. The third kappa shape index (κ3) is 3.95. The monoisotopic (exact) mass is 429 g/mol. The molecule has 1 aliphatic heterocycles. The maximum Gasteiger partial charge on any atom is 0.270 e. The molecule has 150 valence electrons. The number of halogens is 1. The van der Waals surface area contributed by atoms with Crippen LogP contribution in [-0.4, -0.2) is 43.8 Å². The highest BCUT2D eigenvalue weighted by Crippen LogP contribution is 2.32. The Morgan fingerprint density at radius 1 is 1.21 bits per heavy atom. The highest BCUT2D eigenvalue weighted by atomic mass is 35.5. The standard InChI is InChI=1S/C20H20ClN5O2S/c1-11-17(29-12(2)23-11)20(28)26-9-5-13(6-10-26)16-15(21)19(27)25-18(24-16)14-3-7-22-8-4-14/h3-4,7-8,13H,5-6,9-10H2,1-2H3,(H,24,25,27). The number of carbonyl (C=O) groups is 1. The fourth-order valence-electron chi connectivity index (χ4n) is 3.62. The number of aromatic nitrogens is 4. The molecule has 1 fully saturated rings. The van der Waals surface area contributed by atoms with Gasteiger partial charge in [-0.3, -0.25) is 14.6 Å². The number of nitrogens with zero attached hydrogens (tertiary/aromatic N) is 4. The zero-order valence-electron chi connectivity index (χ0n) is 16.1. The molecular weight excluding hydrogens is 410 g/mol. The van der Waals surface area contributed by atoms with Crippen molar-refractivity contribution in [1.82, 2.24) is 24.8 Å². The lowest BCUT2D eigenvalue weighted by Crippen LogP contribution is -2.38. The van der Waals surface area contributed by atoms with Gasteiger partial charge in [-0.15, -0.1) is 11.3 Å². The third-order valence-electron chi connectivity index (χ3n) is 5.11. The second-order valence-electron chi connectivity index (χ2n) is 7.06. The van der Waals surface area contributed by atoms with Gasteiger partial charge >= 0.3 is 0 Å². The zero-order valence-corrected chi connectivity index (χ0v) is 17.7. The Morgan fingerprint density at radius 2 is 1.90 bits per heavy atom. The van der Waals surface area contributed by atoms with E-state index in [0.29, 0.717) is 42.3 Å². The first-order valence-electron chi connectivity index (χ1n) is 9.37. The van der Waals surface area contributed by atoms with E-state index < -0.39 is 0 Å². The lowest BCUT2D eigenvalue weighted by Gasteiger charge is -2.31. The number of rotatable bonds is 3. The lowest BCUT2D eigenvalue weighted by molar-refractivity contribution is 0.0716. The molecule has 0 saturated carbocycles. The number of thiazole rings is 1. The molecule has 0 atom stereocenters. The van der Waals surface area contributed by atoms with Crippen LogP contribution >= 0.6 is 22.9 Å². The van der Waals surface area contributed by atoms with E-state index in [2.05, 4.69) is 19.9 Å². The number of likely N-dealkylation sites (tertiary alicyclic amines) is 1. The number of carbonyl (C=O) groups excluding carboxylic acids is 1. The van der Waals surface area contributed by atoms with Crippen LogP contribution in [0.25, 0.3) is 11.4 Å². The number of aromatic amines is 1. The van der Waals surface area contributed by atoms with Gasteiger partial charge in [-0.05, 0) is 38.8 Å². The van der Waals surface area contributed by atoms with Gasteiger partial charge in [0, 0.05) is 37.0 Å². The second-order valence-corrected chi connectivity index (χ2v) is 8.64. The van der Waals surface area contributed by atoms with Gasteiger partial charge in [0.1, 0.15) is 15.7 Å². The highest BCUT2D eigenvalue weighted by molar-refractivity contribution is 7.13. The Bertz CT molecular complexity index is 1100. The van der Waals surface area contributed by atoms with Gasteiger partial charge in [0.25, 0.3) is 11.5 Å². The maximum atomic E-state index is 12.8. The molecule has 1 amide bonds. The van der Waals surface area contributed by atoms with Crippen molar-refractivity contribution >= 4 is 28.8 Å². The summed E-state index contributed by atoms with van der Waals surface area (Å²) in [4.78, 5) is 43.5. The molecule has 7 nitrogen and oxygen atoms in total. The number of pyridine rings is 1. The van der Waals surface area contributed by atoms with E-state index in [4.69, 9.17) is 11.6 Å². The quantitative estimate of drug-likeness (QED) is 0.687. The molecule has 0 aromatic carbocycles. The molecule has 29 heavy (non-hydrogen) atoms. The largest absolute Gasteiger partial charge is 0.338 e. The lowest BCUT2D eigenvalue weighted by atomic mass is 9.93. The molecule has 1 aliphatic rings. The van der Waals surface area contributed by atoms with Crippen molar-refractivity contribution in [3.05, 3.63) is 61.2 Å². The topological polar surface area (TPSA) is 91.8 Å². The minimum atomic E-state index is -0.349. The van der Waals surface area contributed by atoms with E-state index in [1.165, 1.54) is 11.3 Å². The summed E-state index contributed by atoms with van der Waals surface area (Å²) < 4.78 is 0. The molecule has 1 saturated heterocycles. The van der Waals surface area contributed by atoms with Crippen molar-refractivity contribution in [3.63, 3.8) is 0 Å². The number of hydrogen-bond donors (Lipinski definition) is 1. The molecule has 4 heterocycles. The fraction of sp³-hybridized carbons (Fsp3) is 0.350. The molecule has 4 rings (SSSR count). The fourth-order valence-corrected chi connectivity index (χ4v) is 4.75. The molecule has 0 unspecified atom stereocenters. The van der Waals surface area contributed by atoms with Crippen LogP contribution in [0.4, 0.5) is 0 Å². The van der Waals surface area contributed by atoms with Gasteiger partial charge in [-0.1, -0.05) is 11.6 Å². The second kappa shape index (κ2) is 8.04. The predicted molar refractivity (Wildman–Crippen MR) is 113 cm³/mol. The van der Waals surface area contributed by atoms with Crippen molar-refractivity contribution in [2.24, 2.45) is 0 Å². The first kappa shape index (κ1) is 19.7. The van der Waals surface area contributed by atoms with Crippen LogP contribution in [0.1, 0.15) is 44.8 Å². The third-order valence-corrected chi connectivity index (χ3v) is 6.53. The Labute approximate surface area is 176 Å². The Kier molecular flexibility index (Phi) is 5.47. The molecule has 0 bridgehead atoms. The summed E-state index contributed by atoms with van der Waals surface area (Å²) in [7, 11) is 0. The van der Waals surface area contributed by atoms with Gasteiger partial charge in [0.15, 0.2) is 0 Å². The van der Waals surface area contributed by atoms with Crippen molar-refractivity contribution in [1.29, 1.82) is 0 Å². The van der Waals surface area contributed by atoms with E-state index in [1.54, 1.807) is 24.5 Å². The summed E-state index contributed by atoms with van der Waals surface area (Å²) in [6.45, 7) is 4.95. The van der Waals surface area contributed by atoms with Crippen molar-refractivity contribution in [2.45, 2.75) is 32.6 Å². The Balaban J connectivity index is 1.54. The Hall–Kier alpha value is -2.58. The number of piperidine rings is 1. The molecule has 1 N–H and O–H groups in total. The van der Waals surface area contributed by atoms with Gasteiger partial charge in [0.05, 0.1) is 16.4 Å². The number of amides is 1. The average molecular weight is 430 g/mol. The molecule has 3 aromatic heterocycles. The van der Waals surface area contributed by atoms with E-state index >= 15 is 0 Å². The van der Waals surface area contributed by atoms with E-state index in [9.17, 15) is 9.59 Å². The van der Waals surface area contributed by atoms with Crippen LogP contribution in [0, 0.1) is 13.8 Å². The maximum absolute atomic E-state index is 12.8. The Morgan fingerprint density at radius 3 is 2.52 bits per heavy atom. The van der Waals surface area contributed by atoms with E-state index in [1.807, 2.05) is 18.7 Å². The summed E-state index contributed by atoms with van der Waals surface area (Å²) in [5.74, 6) is 0.527. The van der Waals surface area contributed by atoms with Gasteiger partial charge < -0.3 is 9.88 Å². The number of aryl methyl sites for hydroxylation is 2.